The van der Waals surface area contributed by atoms with Crippen molar-refractivity contribution in [1.29, 1.82) is 0 Å². The second-order valence-electron chi connectivity index (χ2n) is 5.20. The molecule has 2 rings (SSSR count). The summed E-state index contributed by atoms with van der Waals surface area (Å²) in [5, 5.41) is 3.93. The number of benzene rings is 2. The Kier molecular flexibility index (Phi) is 6.22. The topological polar surface area (TPSA) is 12.0 Å². The summed E-state index contributed by atoms with van der Waals surface area (Å²) in [5.41, 5.74) is 1.93. The van der Waals surface area contributed by atoms with Gasteiger partial charge in [-0.25, -0.2) is 4.39 Å². The highest BCUT2D eigenvalue weighted by Crippen LogP contribution is 2.21. The molecule has 21 heavy (non-hydrogen) atoms. The summed E-state index contributed by atoms with van der Waals surface area (Å²) in [6, 6.07) is 13.1. The van der Waals surface area contributed by atoms with Crippen LogP contribution in [0.3, 0.4) is 0 Å². The molecule has 1 atom stereocenters. The zero-order valence-corrected chi connectivity index (χ0v) is 14.2. The van der Waals surface area contributed by atoms with Crippen molar-refractivity contribution in [2.75, 3.05) is 13.6 Å². The van der Waals surface area contributed by atoms with E-state index in [2.05, 4.69) is 27.3 Å². The maximum absolute atomic E-state index is 14.0. The van der Waals surface area contributed by atoms with Gasteiger partial charge in [-0.2, -0.15) is 0 Å². The Hall–Kier alpha value is -0.900. The van der Waals surface area contributed by atoms with E-state index in [4.69, 9.17) is 11.6 Å². The largest absolute Gasteiger partial charge is 0.319 e. The molecule has 0 amide bonds. The van der Waals surface area contributed by atoms with E-state index in [0.717, 1.165) is 28.0 Å². The van der Waals surface area contributed by atoms with Gasteiger partial charge >= 0.3 is 0 Å². The zero-order chi connectivity index (χ0) is 15.2. The van der Waals surface area contributed by atoms with E-state index in [1.165, 1.54) is 11.6 Å². The molecule has 0 heterocycles. The first-order valence-corrected chi connectivity index (χ1v) is 8.08. The van der Waals surface area contributed by atoms with E-state index in [9.17, 15) is 4.39 Å². The second-order valence-corrected chi connectivity index (χ2v) is 6.55. The Morgan fingerprint density at radius 3 is 2.67 bits per heavy atom. The Bertz CT molecular complexity index is 603. The normalized spacial score (nSPS) is 12.4. The van der Waals surface area contributed by atoms with Gasteiger partial charge in [-0.1, -0.05) is 45.7 Å². The van der Waals surface area contributed by atoms with Gasteiger partial charge in [0.15, 0.2) is 0 Å². The van der Waals surface area contributed by atoms with Crippen LogP contribution in [-0.2, 0) is 12.8 Å². The zero-order valence-electron chi connectivity index (χ0n) is 11.9. The summed E-state index contributed by atoms with van der Waals surface area (Å²) in [6.45, 7) is 0.835. The van der Waals surface area contributed by atoms with Gasteiger partial charge in [-0.15, -0.1) is 0 Å². The minimum Gasteiger partial charge on any atom is -0.319 e. The van der Waals surface area contributed by atoms with Crippen LogP contribution in [-0.4, -0.2) is 13.6 Å². The predicted molar refractivity (Wildman–Crippen MR) is 90.4 cm³/mol. The molecule has 0 fully saturated rings. The highest BCUT2D eigenvalue weighted by atomic mass is 79.9. The van der Waals surface area contributed by atoms with Crippen LogP contribution in [0.1, 0.15) is 11.1 Å². The van der Waals surface area contributed by atoms with Crippen molar-refractivity contribution < 1.29 is 4.39 Å². The number of hydrogen-bond acceptors (Lipinski definition) is 1. The predicted octanol–water partition coefficient (Wildman–Crippen LogP) is 4.86. The summed E-state index contributed by atoms with van der Waals surface area (Å²) in [6.07, 6.45) is 1.57. The van der Waals surface area contributed by atoms with Gasteiger partial charge in [-0.05, 0) is 67.7 Å². The van der Waals surface area contributed by atoms with Crippen molar-refractivity contribution in [3.8, 4) is 0 Å². The van der Waals surface area contributed by atoms with E-state index >= 15 is 0 Å². The van der Waals surface area contributed by atoms with Gasteiger partial charge in [-0.3, -0.25) is 0 Å². The lowest BCUT2D eigenvalue weighted by molar-refractivity contribution is 0.479. The van der Waals surface area contributed by atoms with Crippen molar-refractivity contribution >= 4 is 27.5 Å². The summed E-state index contributed by atoms with van der Waals surface area (Å²) < 4.78 is 14.7. The SMILES string of the molecule is CNCC(Cc1cccc(Cl)c1)Cc1ccc(Br)cc1F. The lowest BCUT2D eigenvalue weighted by Crippen LogP contribution is -2.23. The van der Waals surface area contributed by atoms with Gasteiger partial charge in [0.1, 0.15) is 5.82 Å². The summed E-state index contributed by atoms with van der Waals surface area (Å²) in [5.74, 6) is 0.167. The van der Waals surface area contributed by atoms with E-state index in [0.29, 0.717) is 12.3 Å². The van der Waals surface area contributed by atoms with E-state index in [1.807, 2.05) is 37.4 Å². The Morgan fingerprint density at radius 2 is 2.00 bits per heavy atom. The van der Waals surface area contributed by atoms with Crippen LogP contribution >= 0.6 is 27.5 Å². The van der Waals surface area contributed by atoms with Crippen molar-refractivity contribution in [2.24, 2.45) is 5.92 Å². The Labute approximate surface area is 138 Å². The van der Waals surface area contributed by atoms with Gasteiger partial charge < -0.3 is 5.32 Å². The van der Waals surface area contributed by atoms with Crippen molar-refractivity contribution in [1.82, 2.24) is 5.32 Å². The Morgan fingerprint density at radius 1 is 1.19 bits per heavy atom. The third-order valence-electron chi connectivity index (χ3n) is 3.43. The molecule has 0 aromatic heterocycles. The summed E-state index contributed by atoms with van der Waals surface area (Å²) in [4.78, 5) is 0. The minimum absolute atomic E-state index is 0.156. The first kappa shape index (κ1) is 16.5. The molecule has 1 N–H and O–H groups in total. The van der Waals surface area contributed by atoms with Crippen molar-refractivity contribution in [2.45, 2.75) is 12.8 Å². The van der Waals surface area contributed by atoms with Gasteiger partial charge in [0.05, 0.1) is 0 Å². The van der Waals surface area contributed by atoms with Crippen LogP contribution in [0, 0.1) is 11.7 Å². The molecule has 0 radical (unpaired) electrons. The molecule has 1 unspecified atom stereocenters. The van der Waals surface area contributed by atoms with Crippen molar-refractivity contribution in [3.63, 3.8) is 0 Å². The van der Waals surface area contributed by atoms with Crippen LogP contribution in [0.25, 0.3) is 0 Å². The maximum atomic E-state index is 14.0. The average Bonchev–Trinajstić information content (AvgIpc) is 2.42. The Balaban J connectivity index is 2.11. The molecule has 1 nitrogen and oxygen atoms in total. The van der Waals surface area contributed by atoms with E-state index < -0.39 is 0 Å². The summed E-state index contributed by atoms with van der Waals surface area (Å²) in [7, 11) is 1.92. The molecule has 0 aliphatic rings. The third kappa shape index (κ3) is 5.10. The van der Waals surface area contributed by atoms with Gasteiger partial charge in [0.2, 0.25) is 0 Å². The number of nitrogens with one attached hydrogen (secondary N) is 1. The fourth-order valence-corrected chi connectivity index (χ4v) is 3.05. The molecule has 0 saturated carbocycles. The lowest BCUT2D eigenvalue weighted by Gasteiger charge is -2.17. The van der Waals surface area contributed by atoms with E-state index in [-0.39, 0.29) is 5.82 Å². The third-order valence-corrected chi connectivity index (χ3v) is 4.16. The fraction of sp³-hybridized carbons (Fsp3) is 0.294. The molecule has 112 valence electrons. The maximum Gasteiger partial charge on any atom is 0.127 e. The molecule has 0 aliphatic carbocycles. The highest BCUT2D eigenvalue weighted by Gasteiger charge is 2.13. The fourth-order valence-electron chi connectivity index (χ4n) is 2.50. The molecule has 0 aliphatic heterocycles. The van der Waals surface area contributed by atoms with Gasteiger partial charge in [0.25, 0.3) is 0 Å². The van der Waals surface area contributed by atoms with Crippen molar-refractivity contribution in [3.05, 3.63) is 68.9 Å². The molecule has 0 saturated heterocycles. The molecule has 2 aromatic carbocycles. The monoisotopic (exact) mass is 369 g/mol. The average molecular weight is 371 g/mol. The second kappa shape index (κ2) is 7.92. The van der Waals surface area contributed by atoms with Crippen LogP contribution in [0.5, 0.6) is 0 Å². The first-order valence-electron chi connectivity index (χ1n) is 6.91. The molecule has 0 bridgehead atoms. The molecule has 0 spiro atoms. The minimum atomic E-state index is -0.156. The van der Waals surface area contributed by atoms with Gasteiger partial charge in [0, 0.05) is 9.50 Å². The van der Waals surface area contributed by atoms with Crippen LogP contribution in [0.15, 0.2) is 46.9 Å². The smallest absolute Gasteiger partial charge is 0.127 e. The summed E-state index contributed by atoms with van der Waals surface area (Å²) >= 11 is 9.32. The molecule has 2 aromatic rings. The number of rotatable bonds is 6. The van der Waals surface area contributed by atoms with Crippen LogP contribution in [0.4, 0.5) is 4.39 Å². The quantitative estimate of drug-likeness (QED) is 0.765. The highest BCUT2D eigenvalue weighted by molar-refractivity contribution is 9.10. The standard InChI is InChI=1S/C17H18BrClFN/c1-21-11-13(7-12-3-2-4-16(19)9-12)8-14-5-6-15(18)10-17(14)20/h2-6,9-10,13,21H,7-8,11H2,1H3. The molecular formula is C17H18BrClFN. The van der Waals surface area contributed by atoms with E-state index in [1.54, 1.807) is 0 Å². The van der Waals surface area contributed by atoms with Crippen LogP contribution < -0.4 is 5.32 Å². The lowest BCUT2D eigenvalue weighted by atomic mass is 9.92. The van der Waals surface area contributed by atoms with Crippen LogP contribution in [0.2, 0.25) is 5.02 Å². The number of hydrogen-bond donors (Lipinski definition) is 1. The molecule has 4 heteroatoms. The first-order chi connectivity index (χ1) is 10.1. The molecular weight excluding hydrogens is 353 g/mol. The number of halogens is 3.